The SMILES string of the molecule is CN(C)C(=O)[C@@H](N=C1NC(=O)SC1=CC1CCN(Cc2ccc(C(F)(F)F)cc2C(F)(F)F)CC1)C(C)(C)C. The highest BCUT2D eigenvalue weighted by atomic mass is 32.2. The van der Waals surface area contributed by atoms with Gasteiger partial charge in [-0.1, -0.05) is 32.9 Å². The van der Waals surface area contributed by atoms with E-state index in [1.165, 1.54) is 4.90 Å². The Morgan fingerprint density at radius 3 is 2.26 bits per heavy atom. The number of nitrogens with zero attached hydrogens (tertiary/aromatic N) is 3. The molecule has 1 atom stereocenters. The van der Waals surface area contributed by atoms with Crippen LogP contribution in [0.4, 0.5) is 31.1 Å². The van der Waals surface area contributed by atoms with Gasteiger partial charge in [0.15, 0.2) is 0 Å². The molecule has 39 heavy (non-hydrogen) atoms. The molecule has 1 aromatic carbocycles. The number of alkyl halides is 6. The van der Waals surface area contributed by atoms with E-state index in [1.807, 2.05) is 26.8 Å². The molecule has 2 aliphatic rings. The fraction of sp³-hybridized carbons (Fsp3) is 0.577. The van der Waals surface area contributed by atoms with Gasteiger partial charge in [-0.3, -0.25) is 19.5 Å². The Hall–Kier alpha value is -2.54. The van der Waals surface area contributed by atoms with Crippen molar-refractivity contribution in [3.63, 3.8) is 0 Å². The lowest BCUT2D eigenvalue weighted by atomic mass is 9.86. The van der Waals surface area contributed by atoms with Crippen molar-refractivity contribution in [1.29, 1.82) is 0 Å². The second kappa shape index (κ2) is 11.5. The molecule has 0 aromatic heterocycles. The standard InChI is InChI=1S/C26H32F6N4O2S/c1-24(2,3)20(22(37)35(4)5)33-21-19(39-23(38)34-21)12-15-8-10-36(11-9-15)14-16-6-7-17(25(27,28)29)13-18(16)26(30,31)32/h6-7,12-13,15,20H,8-11,14H2,1-5H3,(H,33,34,38)/t20-/m1/s1. The van der Waals surface area contributed by atoms with Crippen LogP contribution in [0, 0.1) is 11.3 Å². The van der Waals surface area contributed by atoms with Crippen LogP contribution < -0.4 is 5.32 Å². The molecule has 2 amide bonds. The van der Waals surface area contributed by atoms with Gasteiger partial charge in [0.1, 0.15) is 11.9 Å². The molecule has 2 saturated heterocycles. The average Bonchev–Trinajstić information content (AvgIpc) is 3.14. The molecular formula is C26H32F6N4O2S. The minimum absolute atomic E-state index is 0.00831. The second-order valence-corrected chi connectivity index (χ2v) is 12.0. The number of thioether (sulfide) groups is 1. The zero-order valence-electron chi connectivity index (χ0n) is 22.3. The first-order valence-corrected chi connectivity index (χ1v) is 13.2. The molecule has 1 N–H and O–H groups in total. The van der Waals surface area contributed by atoms with E-state index in [1.54, 1.807) is 19.0 Å². The Balaban J connectivity index is 1.74. The Bertz CT molecular complexity index is 1150. The summed E-state index contributed by atoms with van der Waals surface area (Å²) in [6.45, 7) is 6.37. The number of amides is 2. The summed E-state index contributed by atoms with van der Waals surface area (Å²) >= 11 is 0.976. The van der Waals surface area contributed by atoms with E-state index in [-0.39, 0.29) is 35.2 Å². The molecule has 2 fully saturated rings. The third-order valence-corrected chi connectivity index (χ3v) is 7.40. The molecule has 3 rings (SSSR count). The fourth-order valence-electron chi connectivity index (χ4n) is 4.42. The van der Waals surface area contributed by atoms with Gasteiger partial charge in [0, 0.05) is 20.6 Å². The quantitative estimate of drug-likeness (QED) is 0.424. The van der Waals surface area contributed by atoms with Crippen molar-refractivity contribution < 1.29 is 35.9 Å². The van der Waals surface area contributed by atoms with Crippen molar-refractivity contribution >= 4 is 28.7 Å². The lowest BCUT2D eigenvalue weighted by molar-refractivity contribution is -0.143. The van der Waals surface area contributed by atoms with Crippen molar-refractivity contribution in [1.82, 2.24) is 15.1 Å². The number of nitrogens with one attached hydrogen (secondary N) is 1. The van der Waals surface area contributed by atoms with Crippen LogP contribution >= 0.6 is 11.8 Å². The number of likely N-dealkylation sites (N-methyl/N-ethyl adjacent to an activating group) is 1. The largest absolute Gasteiger partial charge is 0.416 e. The summed E-state index contributed by atoms with van der Waals surface area (Å²) in [4.78, 5) is 33.3. The van der Waals surface area contributed by atoms with Crippen LogP contribution in [-0.2, 0) is 23.7 Å². The van der Waals surface area contributed by atoms with Crippen molar-refractivity contribution in [2.75, 3.05) is 27.2 Å². The number of amidine groups is 1. The van der Waals surface area contributed by atoms with Crippen LogP contribution in [0.3, 0.4) is 0 Å². The Morgan fingerprint density at radius 1 is 1.13 bits per heavy atom. The predicted molar refractivity (Wildman–Crippen MR) is 138 cm³/mol. The Labute approximate surface area is 227 Å². The number of hydrogen-bond acceptors (Lipinski definition) is 5. The molecule has 6 nitrogen and oxygen atoms in total. The number of carbonyl (C=O) groups is 2. The summed E-state index contributed by atoms with van der Waals surface area (Å²) in [5, 5.41) is 2.39. The number of rotatable bonds is 5. The van der Waals surface area contributed by atoms with Crippen molar-refractivity contribution in [3.05, 3.63) is 45.9 Å². The lowest BCUT2D eigenvalue weighted by Gasteiger charge is -2.31. The third-order valence-electron chi connectivity index (χ3n) is 6.57. The van der Waals surface area contributed by atoms with Crippen LogP contribution in [-0.4, -0.2) is 60.0 Å². The minimum atomic E-state index is -4.91. The number of benzene rings is 1. The van der Waals surface area contributed by atoms with Gasteiger partial charge in [-0.25, -0.2) is 0 Å². The number of aliphatic imine (C=N–C) groups is 1. The van der Waals surface area contributed by atoms with Gasteiger partial charge in [-0.2, -0.15) is 26.3 Å². The van der Waals surface area contributed by atoms with Gasteiger partial charge < -0.3 is 10.2 Å². The maximum absolute atomic E-state index is 13.5. The van der Waals surface area contributed by atoms with Crippen LogP contribution in [0.25, 0.3) is 0 Å². The van der Waals surface area contributed by atoms with E-state index < -0.39 is 34.9 Å². The molecule has 2 heterocycles. The van der Waals surface area contributed by atoms with Crippen LogP contribution in [0.1, 0.15) is 50.3 Å². The first-order valence-electron chi connectivity index (χ1n) is 12.4. The molecular weight excluding hydrogens is 546 g/mol. The molecule has 0 saturated carbocycles. The predicted octanol–water partition coefficient (Wildman–Crippen LogP) is 6.18. The molecule has 216 valence electrons. The van der Waals surface area contributed by atoms with E-state index in [9.17, 15) is 35.9 Å². The third kappa shape index (κ3) is 8.00. The summed E-state index contributed by atoms with van der Waals surface area (Å²) in [5.74, 6) is 0.131. The van der Waals surface area contributed by atoms with Crippen molar-refractivity contribution in [2.45, 2.75) is 58.6 Å². The highest BCUT2D eigenvalue weighted by molar-refractivity contribution is 8.18. The molecule has 1 aromatic rings. The van der Waals surface area contributed by atoms with Crippen molar-refractivity contribution in [2.24, 2.45) is 16.3 Å². The zero-order chi connectivity index (χ0) is 29.3. The maximum Gasteiger partial charge on any atom is 0.416 e. The molecule has 0 radical (unpaired) electrons. The first kappa shape index (κ1) is 31.0. The van der Waals surface area contributed by atoms with Crippen LogP contribution in [0.2, 0.25) is 0 Å². The number of halogens is 6. The summed E-state index contributed by atoms with van der Waals surface area (Å²) in [5.41, 5.74) is -3.33. The molecule has 13 heteroatoms. The van der Waals surface area contributed by atoms with Gasteiger partial charge in [-0.15, -0.1) is 0 Å². The van der Waals surface area contributed by atoms with E-state index in [0.717, 1.165) is 17.8 Å². The van der Waals surface area contributed by atoms with Crippen LogP contribution in [0.5, 0.6) is 0 Å². The number of hydrogen-bond donors (Lipinski definition) is 1. The summed E-state index contributed by atoms with van der Waals surface area (Å²) in [6, 6.07) is 1.02. The maximum atomic E-state index is 13.5. The molecule has 0 bridgehead atoms. The number of likely N-dealkylation sites (tertiary alicyclic amines) is 1. The summed E-state index contributed by atoms with van der Waals surface area (Å²) in [7, 11) is 3.27. The fourth-order valence-corrected chi connectivity index (χ4v) is 5.23. The zero-order valence-corrected chi connectivity index (χ0v) is 23.2. The minimum Gasteiger partial charge on any atom is -0.347 e. The number of carbonyl (C=O) groups excluding carboxylic acids is 2. The van der Waals surface area contributed by atoms with E-state index in [4.69, 9.17) is 0 Å². The average molecular weight is 579 g/mol. The van der Waals surface area contributed by atoms with Gasteiger partial charge in [0.2, 0.25) is 5.91 Å². The number of allylic oxidation sites excluding steroid dienone is 1. The smallest absolute Gasteiger partial charge is 0.347 e. The highest BCUT2D eigenvalue weighted by Crippen LogP contribution is 2.38. The Morgan fingerprint density at radius 2 is 1.74 bits per heavy atom. The van der Waals surface area contributed by atoms with Crippen molar-refractivity contribution in [3.8, 4) is 0 Å². The molecule has 0 spiro atoms. The van der Waals surface area contributed by atoms with Gasteiger partial charge >= 0.3 is 12.4 Å². The number of piperidine rings is 1. The monoisotopic (exact) mass is 578 g/mol. The van der Waals surface area contributed by atoms with Crippen LogP contribution in [0.15, 0.2) is 34.2 Å². The second-order valence-electron chi connectivity index (χ2n) is 11.0. The topological polar surface area (TPSA) is 65.0 Å². The molecule has 2 aliphatic heterocycles. The lowest BCUT2D eigenvalue weighted by Crippen LogP contribution is -2.42. The summed E-state index contributed by atoms with van der Waals surface area (Å²) < 4.78 is 79.5. The van der Waals surface area contributed by atoms with E-state index >= 15 is 0 Å². The van der Waals surface area contributed by atoms with E-state index in [0.29, 0.717) is 42.7 Å². The summed E-state index contributed by atoms with van der Waals surface area (Å²) in [6.07, 6.45) is -6.72. The first-order chi connectivity index (χ1) is 17.9. The highest BCUT2D eigenvalue weighted by Gasteiger charge is 2.39. The van der Waals surface area contributed by atoms with E-state index in [2.05, 4.69) is 10.3 Å². The van der Waals surface area contributed by atoms with Gasteiger partial charge in [-0.05, 0) is 66.7 Å². The molecule has 0 aliphatic carbocycles. The van der Waals surface area contributed by atoms with Gasteiger partial charge in [0.25, 0.3) is 5.24 Å². The Kier molecular flexibility index (Phi) is 9.15. The molecule has 0 unspecified atom stereocenters. The van der Waals surface area contributed by atoms with Gasteiger partial charge in [0.05, 0.1) is 16.0 Å². The normalized spacial score (nSPS) is 20.9.